The Morgan fingerprint density at radius 3 is 2.67 bits per heavy atom. The van der Waals surface area contributed by atoms with Gasteiger partial charge in [0.05, 0.1) is 5.69 Å². The molecule has 3 heteroatoms. The Balaban J connectivity index is 2.92. The van der Waals surface area contributed by atoms with E-state index in [4.69, 9.17) is 5.73 Å². The highest BCUT2D eigenvalue weighted by Crippen LogP contribution is 2.15. The van der Waals surface area contributed by atoms with Crippen molar-refractivity contribution >= 4 is 5.69 Å². The maximum atomic E-state index is 13.2. The second-order valence-corrected chi connectivity index (χ2v) is 3.06. The van der Waals surface area contributed by atoms with Gasteiger partial charge in [-0.1, -0.05) is 12.1 Å². The van der Waals surface area contributed by atoms with Gasteiger partial charge in [0.1, 0.15) is 0 Å². The fourth-order valence-electron chi connectivity index (χ4n) is 1.06. The molecule has 1 aromatic rings. The summed E-state index contributed by atoms with van der Waals surface area (Å²) < 4.78 is 13.2. The van der Waals surface area contributed by atoms with Gasteiger partial charge < -0.3 is 10.6 Å². The summed E-state index contributed by atoms with van der Waals surface area (Å²) in [6.45, 7) is 0.580. The Morgan fingerprint density at radius 1 is 1.42 bits per heavy atom. The molecule has 1 aromatic carbocycles. The SMILES string of the molecule is CN(C)Cc1cccc(N)c1F. The van der Waals surface area contributed by atoms with Crippen LogP contribution >= 0.6 is 0 Å². The first-order chi connectivity index (χ1) is 5.61. The summed E-state index contributed by atoms with van der Waals surface area (Å²) in [4.78, 5) is 1.90. The summed E-state index contributed by atoms with van der Waals surface area (Å²) in [7, 11) is 3.78. The van der Waals surface area contributed by atoms with Crippen LogP contribution in [-0.2, 0) is 6.54 Å². The van der Waals surface area contributed by atoms with E-state index in [1.54, 1.807) is 18.2 Å². The van der Waals surface area contributed by atoms with Crippen LogP contribution in [0.1, 0.15) is 5.56 Å². The van der Waals surface area contributed by atoms with E-state index in [1.807, 2.05) is 19.0 Å². The van der Waals surface area contributed by atoms with Crippen molar-refractivity contribution in [1.82, 2.24) is 4.90 Å². The predicted molar refractivity (Wildman–Crippen MR) is 48.2 cm³/mol. The zero-order valence-electron chi connectivity index (χ0n) is 7.34. The van der Waals surface area contributed by atoms with E-state index in [2.05, 4.69) is 0 Å². The molecule has 0 fully saturated rings. The fraction of sp³-hybridized carbons (Fsp3) is 0.333. The molecule has 2 N–H and O–H groups in total. The third-order valence-electron chi connectivity index (χ3n) is 1.60. The lowest BCUT2D eigenvalue weighted by molar-refractivity contribution is 0.393. The van der Waals surface area contributed by atoms with E-state index in [0.717, 1.165) is 0 Å². The van der Waals surface area contributed by atoms with Crippen molar-refractivity contribution in [1.29, 1.82) is 0 Å². The zero-order chi connectivity index (χ0) is 9.14. The normalized spacial score (nSPS) is 10.7. The fourth-order valence-corrected chi connectivity index (χ4v) is 1.06. The minimum atomic E-state index is -0.300. The highest BCUT2D eigenvalue weighted by atomic mass is 19.1. The molecule has 0 spiro atoms. The highest BCUT2D eigenvalue weighted by Gasteiger charge is 2.04. The third-order valence-corrected chi connectivity index (χ3v) is 1.60. The molecule has 0 radical (unpaired) electrons. The van der Waals surface area contributed by atoms with E-state index in [9.17, 15) is 4.39 Å². The van der Waals surface area contributed by atoms with Gasteiger partial charge in [0, 0.05) is 12.1 Å². The van der Waals surface area contributed by atoms with Crippen molar-refractivity contribution in [3.05, 3.63) is 29.6 Å². The van der Waals surface area contributed by atoms with Crippen LogP contribution < -0.4 is 5.73 Å². The Hall–Kier alpha value is -1.09. The molecule has 12 heavy (non-hydrogen) atoms. The summed E-state index contributed by atoms with van der Waals surface area (Å²) in [5, 5.41) is 0. The van der Waals surface area contributed by atoms with Crippen LogP contribution in [-0.4, -0.2) is 19.0 Å². The number of halogens is 1. The monoisotopic (exact) mass is 168 g/mol. The van der Waals surface area contributed by atoms with Crippen LogP contribution in [0.15, 0.2) is 18.2 Å². The average molecular weight is 168 g/mol. The number of benzene rings is 1. The van der Waals surface area contributed by atoms with Crippen LogP contribution in [0.3, 0.4) is 0 Å². The molecule has 0 aliphatic carbocycles. The molecule has 1 rings (SSSR count). The Morgan fingerprint density at radius 2 is 2.08 bits per heavy atom. The molecule has 66 valence electrons. The van der Waals surface area contributed by atoms with E-state index in [1.165, 1.54) is 0 Å². The molecule has 0 aliphatic rings. The van der Waals surface area contributed by atoms with Gasteiger partial charge in [-0.2, -0.15) is 0 Å². The largest absolute Gasteiger partial charge is 0.396 e. The second kappa shape index (κ2) is 3.54. The van der Waals surface area contributed by atoms with Gasteiger partial charge in [-0.3, -0.25) is 0 Å². The first-order valence-corrected chi connectivity index (χ1v) is 3.79. The summed E-state index contributed by atoms with van der Waals surface area (Å²) >= 11 is 0. The van der Waals surface area contributed by atoms with Crippen LogP contribution in [0.2, 0.25) is 0 Å². The molecule has 0 atom stereocenters. The lowest BCUT2D eigenvalue weighted by atomic mass is 10.2. The maximum absolute atomic E-state index is 13.2. The molecule has 0 bridgehead atoms. The third kappa shape index (κ3) is 1.95. The summed E-state index contributed by atoms with van der Waals surface area (Å²) in [6.07, 6.45) is 0. The van der Waals surface area contributed by atoms with Gasteiger partial charge in [0.15, 0.2) is 5.82 Å². The predicted octanol–water partition coefficient (Wildman–Crippen LogP) is 1.47. The van der Waals surface area contributed by atoms with Crippen molar-refractivity contribution in [2.75, 3.05) is 19.8 Å². The molecular formula is C9H13FN2. The van der Waals surface area contributed by atoms with Crippen molar-refractivity contribution in [3.63, 3.8) is 0 Å². The van der Waals surface area contributed by atoms with Gasteiger partial charge in [-0.25, -0.2) is 4.39 Å². The van der Waals surface area contributed by atoms with E-state index in [-0.39, 0.29) is 11.5 Å². The minimum absolute atomic E-state index is 0.217. The quantitative estimate of drug-likeness (QED) is 0.677. The summed E-state index contributed by atoms with van der Waals surface area (Å²) in [5.41, 5.74) is 6.26. The Bertz CT molecular complexity index is 271. The van der Waals surface area contributed by atoms with Crippen molar-refractivity contribution in [3.8, 4) is 0 Å². The first-order valence-electron chi connectivity index (χ1n) is 3.79. The Labute approximate surface area is 71.8 Å². The van der Waals surface area contributed by atoms with Crippen LogP contribution in [0.5, 0.6) is 0 Å². The van der Waals surface area contributed by atoms with E-state index < -0.39 is 0 Å². The van der Waals surface area contributed by atoms with Crippen molar-refractivity contribution in [2.24, 2.45) is 0 Å². The Kier molecular flexibility index (Phi) is 2.65. The van der Waals surface area contributed by atoms with E-state index >= 15 is 0 Å². The number of nitrogens with zero attached hydrogens (tertiary/aromatic N) is 1. The topological polar surface area (TPSA) is 29.3 Å². The van der Waals surface area contributed by atoms with Gasteiger partial charge >= 0.3 is 0 Å². The van der Waals surface area contributed by atoms with Gasteiger partial charge in [-0.05, 0) is 20.2 Å². The number of hydrogen-bond acceptors (Lipinski definition) is 2. The molecule has 0 aliphatic heterocycles. The molecule has 0 unspecified atom stereocenters. The van der Waals surface area contributed by atoms with E-state index in [0.29, 0.717) is 12.1 Å². The molecule has 0 saturated carbocycles. The summed E-state index contributed by atoms with van der Waals surface area (Å²) in [6, 6.07) is 5.07. The molecule has 2 nitrogen and oxygen atoms in total. The first kappa shape index (κ1) is 9.00. The zero-order valence-corrected chi connectivity index (χ0v) is 7.34. The molecule has 0 saturated heterocycles. The van der Waals surface area contributed by atoms with Crippen LogP contribution in [0.4, 0.5) is 10.1 Å². The van der Waals surface area contributed by atoms with Gasteiger partial charge in [0.2, 0.25) is 0 Å². The minimum Gasteiger partial charge on any atom is -0.396 e. The van der Waals surface area contributed by atoms with Crippen molar-refractivity contribution in [2.45, 2.75) is 6.54 Å². The number of rotatable bonds is 2. The molecular weight excluding hydrogens is 155 g/mol. The second-order valence-electron chi connectivity index (χ2n) is 3.06. The molecule has 0 aromatic heterocycles. The molecule has 0 heterocycles. The lowest BCUT2D eigenvalue weighted by Gasteiger charge is -2.10. The standard InChI is InChI=1S/C9H13FN2/c1-12(2)6-7-4-3-5-8(11)9(7)10/h3-5H,6,11H2,1-2H3. The van der Waals surface area contributed by atoms with Gasteiger partial charge in [0.25, 0.3) is 0 Å². The molecule has 0 amide bonds. The van der Waals surface area contributed by atoms with Gasteiger partial charge in [-0.15, -0.1) is 0 Å². The maximum Gasteiger partial charge on any atom is 0.150 e. The lowest BCUT2D eigenvalue weighted by Crippen LogP contribution is -2.12. The smallest absolute Gasteiger partial charge is 0.150 e. The number of hydrogen-bond donors (Lipinski definition) is 1. The van der Waals surface area contributed by atoms with Crippen LogP contribution in [0.25, 0.3) is 0 Å². The van der Waals surface area contributed by atoms with Crippen LogP contribution in [0, 0.1) is 5.82 Å². The highest BCUT2D eigenvalue weighted by molar-refractivity contribution is 5.42. The number of anilines is 1. The average Bonchev–Trinajstić information content (AvgIpc) is 1.98. The number of nitrogen functional groups attached to an aromatic ring is 1. The number of nitrogens with two attached hydrogens (primary N) is 1. The summed E-state index contributed by atoms with van der Waals surface area (Å²) in [5.74, 6) is -0.300. The van der Waals surface area contributed by atoms with Crippen molar-refractivity contribution < 1.29 is 4.39 Å².